The Morgan fingerprint density at radius 3 is 1.89 bits per heavy atom. The monoisotopic (exact) mass is 642 g/mol. The van der Waals surface area contributed by atoms with Gasteiger partial charge < -0.3 is 28.8 Å². The van der Waals surface area contributed by atoms with Gasteiger partial charge in [-0.3, -0.25) is 19.2 Å². The van der Waals surface area contributed by atoms with Crippen LogP contribution in [-0.2, 0) is 42.9 Å². The quantitative estimate of drug-likeness (QED) is 0.265. The molecule has 11 nitrogen and oxygen atoms in total. The van der Waals surface area contributed by atoms with Crippen molar-refractivity contribution in [3.8, 4) is 0 Å². The van der Waals surface area contributed by atoms with Crippen molar-refractivity contribution >= 4 is 29.8 Å². The molecule has 2 aliphatic carbocycles. The van der Waals surface area contributed by atoms with Gasteiger partial charge >= 0.3 is 29.8 Å². The summed E-state index contributed by atoms with van der Waals surface area (Å²) in [5.41, 5.74) is -2.00. The van der Waals surface area contributed by atoms with Gasteiger partial charge in [0.25, 0.3) is 0 Å². The Bertz CT molecular complexity index is 1360. The lowest BCUT2D eigenvalue weighted by Crippen LogP contribution is -2.55. The van der Waals surface area contributed by atoms with E-state index in [4.69, 9.17) is 23.7 Å². The van der Waals surface area contributed by atoms with Crippen LogP contribution in [0.1, 0.15) is 79.1 Å². The molecule has 11 heteroatoms. The Balaban J connectivity index is 2.34. The largest absolute Gasteiger partial charge is 0.458 e. The van der Waals surface area contributed by atoms with E-state index in [2.05, 4.69) is 0 Å². The standard InChI is InChI=1S/C35H46O11/c1-19-15-16-34(8,9)32(44-24(6)38)30(42-22(4)36)28(40)20(2)17-27-29(45-33(41)26-13-11-10-12-14-26)21(3)18-35(27,46-25(7)39)31(19)43-23(5)37/h10-17,19,21,27-32,40H,18H2,1-9H3/b16-15+,20-17+/t19-,21+,27-,28-,29-,30-,31-,32+,35+/m0/s1. The third-order valence-corrected chi connectivity index (χ3v) is 8.63. The molecule has 0 heterocycles. The molecule has 1 saturated carbocycles. The van der Waals surface area contributed by atoms with Crippen molar-refractivity contribution in [2.45, 2.75) is 105 Å². The van der Waals surface area contributed by atoms with Crippen molar-refractivity contribution in [1.29, 1.82) is 0 Å². The maximum Gasteiger partial charge on any atom is 0.338 e. The number of hydrogen-bond donors (Lipinski definition) is 1. The van der Waals surface area contributed by atoms with Crippen molar-refractivity contribution in [2.24, 2.45) is 23.2 Å². The van der Waals surface area contributed by atoms with Gasteiger partial charge in [-0.25, -0.2) is 4.79 Å². The fraction of sp³-hybridized carbons (Fsp3) is 0.571. The van der Waals surface area contributed by atoms with Crippen molar-refractivity contribution in [2.75, 3.05) is 0 Å². The molecule has 0 radical (unpaired) electrons. The summed E-state index contributed by atoms with van der Waals surface area (Å²) in [4.78, 5) is 63.4. The van der Waals surface area contributed by atoms with Crippen LogP contribution in [-0.4, -0.2) is 71.1 Å². The molecule has 0 bridgehead atoms. The second-order valence-corrected chi connectivity index (χ2v) is 13.0. The first-order valence-corrected chi connectivity index (χ1v) is 15.4. The van der Waals surface area contributed by atoms with Crippen LogP contribution in [0.4, 0.5) is 0 Å². The van der Waals surface area contributed by atoms with Gasteiger partial charge in [-0.15, -0.1) is 0 Å². The Labute approximate surface area is 270 Å². The first kappa shape index (κ1) is 36.5. The van der Waals surface area contributed by atoms with Gasteiger partial charge in [0, 0.05) is 39.0 Å². The zero-order valence-electron chi connectivity index (χ0n) is 28.0. The minimum atomic E-state index is -1.54. The molecule has 1 N–H and O–H groups in total. The molecule has 0 spiro atoms. The molecule has 46 heavy (non-hydrogen) atoms. The molecule has 1 fully saturated rings. The van der Waals surface area contributed by atoms with Gasteiger partial charge in [0.05, 0.1) is 11.5 Å². The molecular formula is C35H46O11. The van der Waals surface area contributed by atoms with E-state index in [1.54, 1.807) is 76.3 Å². The molecule has 9 atom stereocenters. The zero-order valence-corrected chi connectivity index (χ0v) is 28.0. The van der Waals surface area contributed by atoms with Crippen LogP contribution in [0.15, 0.2) is 54.1 Å². The third kappa shape index (κ3) is 8.23. The normalized spacial score (nSPS) is 34.2. The van der Waals surface area contributed by atoms with E-state index in [1.165, 1.54) is 27.7 Å². The average Bonchev–Trinajstić information content (AvgIpc) is 3.20. The summed E-state index contributed by atoms with van der Waals surface area (Å²) in [5, 5.41) is 11.8. The fourth-order valence-electron chi connectivity index (χ4n) is 6.69. The average molecular weight is 643 g/mol. The van der Waals surface area contributed by atoms with Gasteiger partial charge in [0.15, 0.2) is 11.7 Å². The molecule has 0 amide bonds. The molecule has 1 aromatic carbocycles. The summed E-state index contributed by atoms with van der Waals surface area (Å²) in [6.45, 7) is 13.6. The molecule has 252 valence electrons. The van der Waals surface area contributed by atoms with Crippen LogP contribution in [0.5, 0.6) is 0 Å². The second kappa shape index (κ2) is 14.6. The summed E-state index contributed by atoms with van der Waals surface area (Å²) in [7, 11) is 0. The number of fused-ring (bicyclic) bond motifs is 1. The van der Waals surface area contributed by atoms with Crippen LogP contribution in [0.25, 0.3) is 0 Å². The SMILES string of the molecule is CC(=O)O[C@@H]1[C@@H](OC(C)=O)C(C)(C)/C=C/[C@H](C)[C@H](OC(C)=O)[C@@]2(OC(C)=O)C[C@@H](C)[C@H](OC(=O)c3ccccc3)[C@@H]2/C=C(\C)[C@@H]1O. The van der Waals surface area contributed by atoms with Crippen LogP contribution in [0.3, 0.4) is 0 Å². The molecule has 0 aromatic heterocycles. The van der Waals surface area contributed by atoms with Gasteiger partial charge in [-0.2, -0.15) is 0 Å². The van der Waals surface area contributed by atoms with E-state index >= 15 is 0 Å². The van der Waals surface area contributed by atoms with E-state index in [0.717, 1.165) is 0 Å². The highest BCUT2D eigenvalue weighted by Crippen LogP contribution is 2.51. The van der Waals surface area contributed by atoms with Crippen LogP contribution >= 0.6 is 0 Å². The minimum Gasteiger partial charge on any atom is -0.458 e. The first-order chi connectivity index (χ1) is 21.4. The van der Waals surface area contributed by atoms with E-state index in [0.29, 0.717) is 5.56 Å². The summed E-state index contributed by atoms with van der Waals surface area (Å²) < 4.78 is 29.5. The van der Waals surface area contributed by atoms with Crippen molar-refractivity contribution in [3.63, 3.8) is 0 Å². The molecule has 0 saturated heterocycles. The topological polar surface area (TPSA) is 152 Å². The summed E-state index contributed by atoms with van der Waals surface area (Å²) in [5.74, 6) is -5.17. The lowest BCUT2D eigenvalue weighted by Gasteiger charge is -2.44. The molecule has 0 aliphatic heterocycles. The Morgan fingerprint density at radius 2 is 1.35 bits per heavy atom. The molecule has 2 aliphatic rings. The third-order valence-electron chi connectivity index (χ3n) is 8.63. The zero-order chi connectivity index (χ0) is 34.6. The first-order valence-electron chi connectivity index (χ1n) is 15.4. The maximum absolute atomic E-state index is 13.4. The molecule has 1 aromatic rings. The number of ether oxygens (including phenoxy) is 5. The lowest BCUT2D eigenvalue weighted by molar-refractivity contribution is -0.195. The van der Waals surface area contributed by atoms with Gasteiger partial charge in [0.1, 0.15) is 24.4 Å². The number of hydrogen-bond acceptors (Lipinski definition) is 11. The highest BCUT2D eigenvalue weighted by atomic mass is 16.6. The number of aliphatic hydroxyl groups is 1. The van der Waals surface area contributed by atoms with Gasteiger partial charge in [0.2, 0.25) is 0 Å². The Hall–Kier alpha value is -3.99. The predicted molar refractivity (Wildman–Crippen MR) is 166 cm³/mol. The van der Waals surface area contributed by atoms with Gasteiger partial charge in [-0.1, -0.05) is 64.1 Å². The highest BCUT2D eigenvalue weighted by molar-refractivity contribution is 5.89. The van der Waals surface area contributed by atoms with E-state index in [1.807, 2.05) is 6.92 Å². The van der Waals surface area contributed by atoms with Crippen LogP contribution in [0.2, 0.25) is 0 Å². The van der Waals surface area contributed by atoms with Crippen molar-refractivity contribution in [3.05, 3.63) is 59.7 Å². The number of carbonyl (C=O) groups excluding carboxylic acids is 5. The number of carbonyl (C=O) groups is 5. The van der Waals surface area contributed by atoms with E-state index < -0.39 is 89.1 Å². The summed E-state index contributed by atoms with van der Waals surface area (Å²) >= 11 is 0. The lowest BCUT2D eigenvalue weighted by atomic mass is 9.74. The summed E-state index contributed by atoms with van der Waals surface area (Å²) in [6.07, 6.45) is -0.733. The summed E-state index contributed by atoms with van der Waals surface area (Å²) in [6, 6.07) is 8.40. The fourth-order valence-corrected chi connectivity index (χ4v) is 6.69. The molecular weight excluding hydrogens is 596 g/mol. The maximum atomic E-state index is 13.4. The van der Waals surface area contributed by atoms with Crippen molar-refractivity contribution < 1.29 is 52.8 Å². The number of esters is 5. The number of aliphatic hydroxyl groups excluding tert-OH is 1. The van der Waals surface area contributed by atoms with E-state index in [-0.39, 0.29) is 12.0 Å². The molecule has 0 unspecified atom stereocenters. The Kier molecular flexibility index (Phi) is 11.6. The highest BCUT2D eigenvalue weighted by Gasteiger charge is 2.62. The number of benzene rings is 1. The minimum absolute atomic E-state index is 0.146. The van der Waals surface area contributed by atoms with Crippen LogP contribution < -0.4 is 0 Å². The number of rotatable bonds is 6. The Morgan fingerprint density at radius 1 is 0.783 bits per heavy atom. The predicted octanol–water partition coefficient (Wildman–Crippen LogP) is 4.50. The smallest absolute Gasteiger partial charge is 0.338 e. The van der Waals surface area contributed by atoms with Crippen LogP contribution in [0, 0.1) is 23.2 Å². The van der Waals surface area contributed by atoms with Crippen molar-refractivity contribution in [1.82, 2.24) is 0 Å². The van der Waals surface area contributed by atoms with E-state index in [9.17, 15) is 29.1 Å². The molecule has 3 rings (SSSR count). The second-order valence-electron chi connectivity index (χ2n) is 13.0. The van der Waals surface area contributed by atoms with Gasteiger partial charge in [-0.05, 0) is 37.0 Å².